The molecule has 1 aliphatic heterocycles. The summed E-state index contributed by atoms with van der Waals surface area (Å²) in [5, 5.41) is 18.5. The summed E-state index contributed by atoms with van der Waals surface area (Å²) in [6.45, 7) is 0.631. The Morgan fingerprint density at radius 2 is 2.21 bits per heavy atom. The predicted molar refractivity (Wildman–Crippen MR) is 71.1 cm³/mol. The van der Waals surface area contributed by atoms with E-state index in [4.69, 9.17) is 0 Å². The van der Waals surface area contributed by atoms with Crippen LogP contribution >= 0.6 is 0 Å². The van der Waals surface area contributed by atoms with Crippen LogP contribution in [0.25, 0.3) is 0 Å². The molecule has 0 aliphatic carbocycles. The summed E-state index contributed by atoms with van der Waals surface area (Å²) in [5.74, 6) is -0.808. The van der Waals surface area contributed by atoms with Gasteiger partial charge >= 0.3 is 0 Å². The van der Waals surface area contributed by atoms with Gasteiger partial charge in [0.1, 0.15) is 5.92 Å². The van der Waals surface area contributed by atoms with Crippen molar-refractivity contribution in [3.63, 3.8) is 0 Å². The molecular formula is C15H18N2O2. The second-order valence-electron chi connectivity index (χ2n) is 4.88. The molecule has 1 aromatic rings. The number of rotatable bonds is 4. The third-order valence-corrected chi connectivity index (χ3v) is 3.61. The summed E-state index contributed by atoms with van der Waals surface area (Å²) in [5.41, 5.74) is 0.988. The minimum atomic E-state index is -0.658. The third kappa shape index (κ3) is 3.12. The number of carbonyl (C=O) groups is 1. The lowest BCUT2D eigenvalue weighted by Crippen LogP contribution is -2.41. The van der Waals surface area contributed by atoms with Crippen LogP contribution in [0.3, 0.4) is 0 Å². The highest BCUT2D eigenvalue weighted by atomic mass is 16.3. The van der Waals surface area contributed by atoms with Gasteiger partial charge in [-0.3, -0.25) is 4.79 Å². The second kappa shape index (κ2) is 6.35. The largest absolute Gasteiger partial charge is 0.394 e. The van der Waals surface area contributed by atoms with Gasteiger partial charge in [-0.1, -0.05) is 30.3 Å². The molecule has 1 fully saturated rings. The molecule has 0 radical (unpaired) electrons. The molecule has 2 rings (SSSR count). The van der Waals surface area contributed by atoms with Crippen LogP contribution in [0.15, 0.2) is 30.3 Å². The lowest BCUT2D eigenvalue weighted by Gasteiger charge is -2.25. The zero-order valence-electron chi connectivity index (χ0n) is 10.8. The van der Waals surface area contributed by atoms with Gasteiger partial charge in [-0.05, 0) is 24.8 Å². The van der Waals surface area contributed by atoms with Crippen molar-refractivity contribution < 1.29 is 9.90 Å². The summed E-state index contributed by atoms with van der Waals surface area (Å²) in [4.78, 5) is 14.0. The molecule has 4 nitrogen and oxygen atoms in total. The number of aliphatic hydroxyl groups excluding tert-OH is 1. The maximum absolute atomic E-state index is 12.3. The van der Waals surface area contributed by atoms with Gasteiger partial charge in [0.25, 0.3) is 0 Å². The first-order valence-electron chi connectivity index (χ1n) is 6.61. The van der Waals surface area contributed by atoms with E-state index in [0.717, 1.165) is 18.4 Å². The molecule has 1 unspecified atom stereocenters. The highest BCUT2D eigenvalue weighted by Crippen LogP contribution is 2.21. The molecule has 1 aliphatic rings. The predicted octanol–water partition coefficient (Wildman–Crippen LogP) is 1.35. The molecule has 0 aromatic heterocycles. The molecule has 1 amide bonds. The van der Waals surface area contributed by atoms with E-state index >= 15 is 0 Å². The Hall–Kier alpha value is -1.86. The van der Waals surface area contributed by atoms with Crippen LogP contribution in [-0.4, -0.2) is 35.1 Å². The van der Waals surface area contributed by atoms with Gasteiger partial charge < -0.3 is 10.0 Å². The molecule has 0 bridgehead atoms. The van der Waals surface area contributed by atoms with Crippen LogP contribution in [-0.2, 0) is 11.2 Å². The third-order valence-electron chi connectivity index (χ3n) is 3.61. The van der Waals surface area contributed by atoms with Crippen molar-refractivity contribution >= 4 is 5.91 Å². The van der Waals surface area contributed by atoms with Crippen molar-refractivity contribution in [3.8, 4) is 6.07 Å². The average Bonchev–Trinajstić information content (AvgIpc) is 2.93. The van der Waals surface area contributed by atoms with Gasteiger partial charge in [0, 0.05) is 6.54 Å². The van der Waals surface area contributed by atoms with Crippen LogP contribution in [0, 0.1) is 17.2 Å². The first-order valence-corrected chi connectivity index (χ1v) is 6.61. The van der Waals surface area contributed by atoms with E-state index in [1.165, 1.54) is 0 Å². The number of amides is 1. The zero-order valence-corrected chi connectivity index (χ0v) is 10.8. The molecule has 0 spiro atoms. The fourth-order valence-electron chi connectivity index (χ4n) is 2.55. The monoisotopic (exact) mass is 258 g/mol. The van der Waals surface area contributed by atoms with Crippen LogP contribution in [0.5, 0.6) is 0 Å². The highest BCUT2D eigenvalue weighted by Gasteiger charge is 2.32. The molecule has 1 saturated heterocycles. The van der Waals surface area contributed by atoms with Crippen molar-refractivity contribution in [1.29, 1.82) is 5.26 Å². The van der Waals surface area contributed by atoms with Gasteiger partial charge in [0.2, 0.25) is 5.91 Å². The lowest BCUT2D eigenvalue weighted by molar-refractivity contribution is -0.135. The summed E-state index contributed by atoms with van der Waals surface area (Å²) < 4.78 is 0. The summed E-state index contributed by atoms with van der Waals surface area (Å²) in [6.07, 6.45) is 2.16. The van der Waals surface area contributed by atoms with E-state index in [9.17, 15) is 15.2 Å². The fraction of sp³-hybridized carbons (Fsp3) is 0.467. The Balaban J connectivity index is 2.06. The second-order valence-corrected chi connectivity index (χ2v) is 4.88. The van der Waals surface area contributed by atoms with Gasteiger partial charge in [-0.15, -0.1) is 0 Å². The first-order chi connectivity index (χ1) is 9.26. The summed E-state index contributed by atoms with van der Waals surface area (Å²) >= 11 is 0. The number of benzene rings is 1. The van der Waals surface area contributed by atoms with Gasteiger partial charge in [0.15, 0.2) is 0 Å². The number of aliphatic hydroxyl groups is 1. The molecule has 0 saturated carbocycles. The van der Waals surface area contributed by atoms with Gasteiger partial charge in [-0.2, -0.15) is 5.26 Å². The Kier molecular flexibility index (Phi) is 4.53. The quantitative estimate of drug-likeness (QED) is 0.886. The van der Waals surface area contributed by atoms with E-state index in [0.29, 0.717) is 13.0 Å². The molecule has 4 heteroatoms. The Labute approximate surface area is 113 Å². The number of nitriles is 1. The Morgan fingerprint density at radius 3 is 2.84 bits per heavy atom. The SMILES string of the molecule is N#CC(Cc1ccccc1)C(=O)N1CCC[C@H]1CO. The van der Waals surface area contributed by atoms with Gasteiger partial charge in [0.05, 0.1) is 18.7 Å². The topological polar surface area (TPSA) is 64.3 Å². The maximum Gasteiger partial charge on any atom is 0.240 e. The van der Waals surface area contributed by atoms with Crippen molar-refractivity contribution in [3.05, 3.63) is 35.9 Å². The van der Waals surface area contributed by atoms with Crippen LogP contribution in [0.1, 0.15) is 18.4 Å². The van der Waals surface area contributed by atoms with E-state index in [1.807, 2.05) is 30.3 Å². The Bertz CT molecular complexity index is 467. The molecule has 19 heavy (non-hydrogen) atoms. The van der Waals surface area contributed by atoms with Crippen LogP contribution < -0.4 is 0 Å². The summed E-state index contributed by atoms with van der Waals surface area (Å²) in [6, 6.07) is 11.5. The number of hydrogen-bond donors (Lipinski definition) is 1. The standard InChI is InChI=1S/C15H18N2O2/c16-10-13(9-12-5-2-1-3-6-12)15(19)17-8-4-7-14(17)11-18/h1-3,5-6,13-14,18H,4,7-9,11H2/t13?,14-/m0/s1. The minimum Gasteiger partial charge on any atom is -0.394 e. The number of likely N-dealkylation sites (tertiary alicyclic amines) is 1. The highest BCUT2D eigenvalue weighted by molar-refractivity contribution is 5.82. The zero-order chi connectivity index (χ0) is 13.7. The normalized spacial score (nSPS) is 20.0. The number of hydrogen-bond acceptors (Lipinski definition) is 3. The van der Waals surface area contributed by atoms with E-state index < -0.39 is 5.92 Å². The summed E-state index contributed by atoms with van der Waals surface area (Å²) in [7, 11) is 0. The molecule has 1 N–H and O–H groups in total. The van der Waals surface area contributed by atoms with Crippen molar-refractivity contribution in [1.82, 2.24) is 4.90 Å². The fourth-order valence-corrected chi connectivity index (χ4v) is 2.55. The van der Waals surface area contributed by atoms with Gasteiger partial charge in [-0.25, -0.2) is 0 Å². The molecule has 100 valence electrons. The first kappa shape index (κ1) is 13.6. The molecule has 2 atom stereocenters. The van der Waals surface area contributed by atoms with Crippen molar-refractivity contribution in [2.45, 2.75) is 25.3 Å². The minimum absolute atomic E-state index is 0.0186. The van der Waals surface area contributed by atoms with Crippen molar-refractivity contribution in [2.75, 3.05) is 13.2 Å². The average molecular weight is 258 g/mol. The van der Waals surface area contributed by atoms with Crippen LogP contribution in [0.4, 0.5) is 0 Å². The number of carbonyl (C=O) groups excluding carboxylic acids is 1. The molecule has 1 heterocycles. The molecule has 1 aromatic carbocycles. The molecular weight excluding hydrogens is 240 g/mol. The van der Waals surface area contributed by atoms with Crippen molar-refractivity contribution in [2.24, 2.45) is 5.92 Å². The smallest absolute Gasteiger partial charge is 0.240 e. The Morgan fingerprint density at radius 1 is 1.47 bits per heavy atom. The number of nitrogens with zero attached hydrogens (tertiary/aromatic N) is 2. The van der Waals surface area contributed by atoms with E-state index in [-0.39, 0.29) is 18.6 Å². The maximum atomic E-state index is 12.3. The lowest BCUT2D eigenvalue weighted by atomic mass is 9.99. The van der Waals surface area contributed by atoms with Crippen LogP contribution in [0.2, 0.25) is 0 Å². The van der Waals surface area contributed by atoms with E-state index in [1.54, 1.807) is 4.90 Å². The van der Waals surface area contributed by atoms with E-state index in [2.05, 4.69) is 6.07 Å².